The molecule has 8 nitrogen and oxygen atoms in total. The Morgan fingerprint density at radius 1 is 1.09 bits per heavy atom. The van der Waals surface area contributed by atoms with Gasteiger partial charge in [-0.25, -0.2) is 0 Å². The summed E-state index contributed by atoms with van der Waals surface area (Å²) in [6.45, 7) is 6.27. The molecular weight excluding hydrogens is 468 g/mol. The molecule has 0 aliphatic carbocycles. The van der Waals surface area contributed by atoms with Crippen LogP contribution in [-0.4, -0.2) is 77.6 Å². The lowest BCUT2D eigenvalue weighted by molar-refractivity contribution is -0.132. The summed E-state index contributed by atoms with van der Waals surface area (Å²) in [5, 5.41) is 21.7. The van der Waals surface area contributed by atoms with Crippen molar-refractivity contribution in [3.63, 3.8) is 0 Å². The number of phenolic OH excluding ortho intramolecular Hbond substituents is 1. The number of hydrogen-bond acceptors (Lipinski definition) is 6. The smallest absolute Gasteiger partial charge is 0.236 e. The van der Waals surface area contributed by atoms with E-state index in [9.17, 15) is 14.7 Å². The van der Waals surface area contributed by atoms with Gasteiger partial charge in [-0.3, -0.25) is 14.5 Å². The van der Waals surface area contributed by atoms with Crippen LogP contribution in [0.25, 0.3) is 5.57 Å². The zero-order valence-electron chi connectivity index (χ0n) is 19.8. The molecule has 4 rings (SSSR count). The monoisotopic (exact) mass is 498 g/mol. The highest BCUT2D eigenvalue weighted by molar-refractivity contribution is 6.32. The molecular formula is C26H31ClN4O4. The van der Waals surface area contributed by atoms with Crippen molar-refractivity contribution in [3.8, 4) is 5.75 Å². The molecule has 2 amide bonds. The molecule has 2 saturated heterocycles. The number of aromatic hydroxyl groups is 1. The average molecular weight is 499 g/mol. The number of aliphatic hydroxyl groups excluding tert-OH is 1. The average Bonchev–Trinajstić information content (AvgIpc) is 3.34. The van der Waals surface area contributed by atoms with Crippen LogP contribution in [0.3, 0.4) is 0 Å². The van der Waals surface area contributed by atoms with Crippen molar-refractivity contribution in [1.82, 2.24) is 9.80 Å². The van der Waals surface area contributed by atoms with Crippen molar-refractivity contribution in [2.75, 3.05) is 56.0 Å². The molecule has 2 aromatic carbocycles. The molecule has 0 unspecified atom stereocenters. The van der Waals surface area contributed by atoms with Crippen LogP contribution in [0.4, 0.5) is 11.4 Å². The number of allylic oxidation sites excluding steroid dienone is 1. The molecule has 186 valence electrons. The summed E-state index contributed by atoms with van der Waals surface area (Å²) < 4.78 is 0. The first-order valence-corrected chi connectivity index (χ1v) is 12.2. The highest BCUT2D eigenvalue weighted by Crippen LogP contribution is 2.27. The Bertz CT molecular complexity index is 1100. The molecule has 2 aliphatic rings. The van der Waals surface area contributed by atoms with Gasteiger partial charge in [0, 0.05) is 44.1 Å². The summed E-state index contributed by atoms with van der Waals surface area (Å²) in [7, 11) is 0. The van der Waals surface area contributed by atoms with Gasteiger partial charge in [0.15, 0.2) is 0 Å². The van der Waals surface area contributed by atoms with E-state index in [-0.39, 0.29) is 28.5 Å². The van der Waals surface area contributed by atoms with Crippen LogP contribution in [0.1, 0.15) is 18.9 Å². The molecule has 2 aromatic rings. The number of carbonyl (C=O) groups is 2. The first-order chi connectivity index (χ1) is 16.8. The second kappa shape index (κ2) is 11.0. The van der Waals surface area contributed by atoms with E-state index in [0.717, 1.165) is 36.2 Å². The molecule has 0 radical (unpaired) electrons. The molecule has 35 heavy (non-hydrogen) atoms. The zero-order valence-corrected chi connectivity index (χ0v) is 20.5. The molecule has 2 heterocycles. The number of nitrogens with zero attached hydrogens (tertiary/aromatic N) is 3. The molecule has 0 bridgehead atoms. The Balaban J connectivity index is 1.22. The van der Waals surface area contributed by atoms with E-state index in [1.165, 1.54) is 12.1 Å². The van der Waals surface area contributed by atoms with Gasteiger partial charge in [0.2, 0.25) is 11.8 Å². The fraction of sp³-hybridized carbons (Fsp3) is 0.385. The zero-order chi connectivity index (χ0) is 24.9. The molecule has 0 aromatic heterocycles. The number of anilines is 2. The van der Waals surface area contributed by atoms with Gasteiger partial charge < -0.3 is 25.3 Å². The minimum atomic E-state index is -0.195. The normalized spacial score (nSPS) is 19.1. The van der Waals surface area contributed by atoms with E-state index in [1.807, 2.05) is 41.0 Å². The van der Waals surface area contributed by atoms with Crippen molar-refractivity contribution >= 4 is 40.4 Å². The quantitative estimate of drug-likeness (QED) is 0.416. The molecule has 2 aliphatic heterocycles. The number of hydrogen-bond donors (Lipinski definition) is 3. The topological polar surface area (TPSA) is 96.4 Å². The number of phenols is 1. The molecule has 0 saturated carbocycles. The number of amides is 2. The highest BCUT2D eigenvalue weighted by atomic mass is 35.5. The summed E-state index contributed by atoms with van der Waals surface area (Å²) >= 11 is 5.91. The fourth-order valence-corrected chi connectivity index (χ4v) is 4.71. The number of aliphatic hydroxyl groups is 1. The largest absolute Gasteiger partial charge is 0.515 e. The van der Waals surface area contributed by atoms with E-state index in [4.69, 9.17) is 16.7 Å². The Hall–Kier alpha value is -3.23. The second-order valence-corrected chi connectivity index (χ2v) is 9.51. The van der Waals surface area contributed by atoms with E-state index < -0.39 is 0 Å². The number of likely N-dealkylation sites (tertiary alicyclic amines) is 1. The summed E-state index contributed by atoms with van der Waals surface area (Å²) in [5.74, 6) is -0.236. The predicted molar refractivity (Wildman–Crippen MR) is 138 cm³/mol. The van der Waals surface area contributed by atoms with Gasteiger partial charge in [-0.1, -0.05) is 23.7 Å². The van der Waals surface area contributed by atoms with Gasteiger partial charge in [0.25, 0.3) is 0 Å². The van der Waals surface area contributed by atoms with Gasteiger partial charge in [-0.05, 0) is 61.4 Å². The predicted octanol–water partition coefficient (Wildman–Crippen LogP) is 3.57. The number of carbonyl (C=O) groups excluding carboxylic acids is 2. The van der Waals surface area contributed by atoms with E-state index in [2.05, 4.69) is 10.2 Å². The van der Waals surface area contributed by atoms with Crippen LogP contribution >= 0.6 is 11.6 Å². The third kappa shape index (κ3) is 6.07. The van der Waals surface area contributed by atoms with Gasteiger partial charge in [0.1, 0.15) is 5.75 Å². The molecule has 2 fully saturated rings. The standard InChI is InChI=1S/C26H31ClN4O4/c1-18(17-32)19-2-5-22(6-3-19)30-10-12-31(13-11-30)25(34)16-29-9-8-20(15-29)26(35)28-21-4-7-24(33)23(27)14-21/h2-7,14,17,20,32-33H,8-13,15-16H2,1H3,(H,28,35)/b18-17-/t20-/m1/s1. The Kier molecular flexibility index (Phi) is 7.83. The number of halogens is 1. The minimum absolute atomic E-state index is 0.0282. The van der Waals surface area contributed by atoms with Crippen LogP contribution in [0.5, 0.6) is 5.75 Å². The maximum absolute atomic E-state index is 12.9. The first kappa shape index (κ1) is 24.9. The van der Waals surface area contributed by atoms with Gasteiger partial charge >= 0.3 is 0 Å². The third-order valence-electron chi connectivity index (χ3n) is 6.73. The molecule has 9 heteroatoms. The van der Waals surface area contributed by atoms with Gasteiger partial charge in [-0.2, -0.15) is 0 Å². The van der Waals surface area contributed by atoms with Crippen molar-refractivity contribution in [2.45, 2.75) is 13.3 Å². The van der Waals surface area contributed by atoms with Crippen LogP contribution in [0.15, 0.2) is 48.7 Å². The van der Waals surface area contributed by atoms with Crippen molar-refractivity contribution < 1.29 is 19.8 Å². The third-order valence-corrected chi connectivity index (χ3v) is 7.03. The number of nitrogens with one attached hydrogen (secondary N) is 1. The van der Waals surface area contributed by atoms with Gasteiger partial charge in [-0.15, -0.1) is 0 Å². The van der Waals surface area contributed by atoms with Crippen molar-refractivity contribution in [3.05, 3.63) is 59.3 Å². The Labute approximate surface area is 210 Å². The highest BCUT2D eigenvalue weighted by Gasteiger charge is 2.31. The van der Waals surface area contributed by atoms with E-state index >= 15 is 0 Å². The van der Waals surface area contributed by atoms with Crippen molar-refractivity contribution in [1.29, 1.82) is 0 Å². The number of piperazine rings is 1. The maximum atomic E-state index is 12.9. The number of benzene rings is 2. The molecule has 3 N–H and O–H groups in total. The van der Waals surface area contributed by atoms with Gasteiger partial charge in [0.05, 0.1) is 23.7 Å². The summed E-state index contributed by atoms with van der Waals surface area (Å²) in [5.41, 5.74) is 3.45. The van der Waals surface area contributed by atoms with E-state index in [1.54, 1.807) is 6.07 Å². The summed E-state index contributed by atoms with van der Waals surface area (Å²) in [6, 6.07) is 12.6. The van der Waals surface area contributed by atoms with Crippen LogP contribution in [0.2, 0.25) is 5.02 Å². The van der Waals surface area contributed by atoms with E-state index in [0.29, 0.717) is 44.8 Å². The number of rotatable bonds is 6. The Morgan fingerprint density at radius 3 is 2.46 bits per heavy atom. The SMILES string of the molecule is C/C(=C/O)c1ccc(N2CCN(C(=O)CN3CC[C@@H](C(=O)Nc4ccc(O)c(Cl)c4)C3)CC2)cc1. The second-order valence-electron chi connectivity index (χ2n) is 9.10. The van der Waals surface area contributed by atoms with Crippen LogP contribution in [0, 0.1) is 5.92 Å². The molecule has 1 atom stereocenters. The molecule has 0 spiro atoms. The maximum Gasteiger partial charge on any atom is 0.236 e. The Morgan fingerprint density at radius 2 is 1.80 bits per heavy atom. The summed E-state index contributed by atoms with van der Waals surface area (Å²) in [4.78, 5) is 31.7. The van der Waals surface area contributed by atoms with Crippen molar-refractivity contribution in [2.24, 2.45) is 5.92 Å². The van der Waals surface area contributed by atoms with Crippen LogP contribution in [-0.2, 0) is 9.59 Å². The van der Waals surface area contributed by atoms with Crippen LogP contribution < -0.4 is 10.2 Å². The lowest BCUT2D eigenvalue weighted by Crippen LogP contribution is -2.51. The fourth-order valence-electron chi connectivity index (χ4n) is 4.53. The minimum Gasteiger partial charge on any atom is -0.515 e. The lowest BCUT2D eigenvalue weighted by atomic mass is 10.1. The first-order valence-electron chi connectivity index (χ1n) is 11.8. The lowest BCUT2D eigenvalue weighted by Gasteiger charge is -2.36. The summed E-state index contributed by atoms with van der Waals surface area (Å²) in [6.07, 6.45) is 1.81.